The summed E-state index contributed by atoms with van der Waals surface area (Å²) in [5, 5.41) is 3.16. The van der Waals surface area contributed by atoms with Gasteiger partial charge >= 0.3 is 0 Å². The van der Waals surface area contributed by atoms with Crippen LogP contribution in [0.5, 0.6) is 0 Å². The van der Waals surface area contributed by atoms with Crippen molar-refractivity contribution >= 4 is 29.2 Å². The maximum Gasteiger partial charge on any atom is 0.292 e. The lowest BCUT2D eigenvalue weighted by atomic mass is 10.1. The number of nitrogens with one attached hydrogen (secondary N) is 1. The number of likely N-dealkylation sites (N-methyl/N-ethyl adjacent to an activating group) is 1. The zero-order valence-electron chi connectivity index (χ0n) is 16.6. The van der Waals surface area contributed by atoms with Crippen LogP contribution < -0.4 is 11.1 Å². The SMILES string of the molecule is CN1CCN(Cc2ccc(-c3ccc(Cl)c(NC(=O)c4coc(N)n4)c3)cn2)CC1. The topological polar surface area (TPSA) is 101 Å². The number of benzene rings is 1. The summed E-state index contributed by atoms with van der Waals surface area (Å²) in [7, 11) is 2.15. The van der Waals surface area contributed by atoms with Crippen molar-refractivity contribution in [2.75, 3.05) is 44.3 Å². The van der Waals surface area contributed by atoms with Crippen molar-refractivity contribution in [1.82, 2.24) is 19.8 Å². The Bertz CT molecular complexity index is 1030. The molecule has 2 aromatic heterocycles. The van der Waals surface area contributed by atoms with E-state index in [2.05, 4.69) is 32.1 Å². The third-order valence-electron chi connectivity index (χ3n) is 5.11. The lowest BCUT2D eigenvalue weighted by Crippen LogP contribution is -2.43. The van der Waals surface area contributed by atoms with Crippen molar-refractivity contribution in [3.8, 4) is 11.1 Å². The second kappa shape index (κ2) is 8.83. The van der Waals surface area contributed by atoms with Crippen LogP contribution in [0, 0.1) is 0 Å². The lowest BCUT2D eigenvalue weighted by Gasteiger charge is -2.32. The fraction of sp³-hybridized carbons (Fsp3) is 0.286. The molecule has 1 saturated heterocycles. The Labute approximate surface area is 179 Å². The van der Waals surface area contributed by atoms with E-state index in [0.29, 0.717) is 10.7 Å². The summed E-state index contributed by atoms with van der Waals surface area (Å²) in [5.74, 6) is -0.449. The van der Waals surface area contributed by atoms with Gasteiger partial charge in [0.15, 0.2) is 5.69 Å². The largest absolute Gasteiger partial charge is 0.431 e. The minimum Gasteiger partial charge on any atom is -0.431 e. The second-order valence-corrected chi connectivity index (χ2v) is 7.74. The van der Waals surface area contributed by atoms with E-state index in [0.717, 1.165) is 49.5 Å². The Morgan fingerprint density at radius 2 is 1.97 bits per heavy atom. The van der Waals surface area contributed by atoms with Gasteiger partial charge in [0.25, 0.3) is 11.9 Å². The molecule has 3 aromatic rings. The van der Waals surface area contributed by atoms with E-state index in [1.165, 1.54) is 6.26 Å². The highest BCUT2D eigenvalue weighted by atomic mass is 35.5. The predicted octanol–water partition coefficient (Wildman–Crippen LogP) is 2.97. The van der Waals surface area contributed by atoms with Crippen LogP contribution in [-0.4, -0.2) is 58.9 Å². The van der Waals surface area contributed by atoms with E-state index in [1.54, 1.807) is 12.1 Å². The maximum absolute atomic E-state index is 12.3. The van der Waals surface area contributed by atoms with Gasteiger partial charge in [-0.2, -0.15) is 4.98 Å². The number of oxazole rings is 1. The predicted molar refractivity (Wildman–Crippen MR) is 116 cm³/mol. The number of aromatic nitrogens is 2. The standard InChI is InChI=1S/C21H23ClN6O2/c1-27-6-8-28(9-7-27)12-16-4-2-15(11-24-16)14-3-5-17(22)18(10-14)25-20(29)19-13-30-21(23)26-19/h2-5,10-11,13H,6-9,12H2,1H3,(H2,23,26)(H,25,29). The number of pyridine rings is 1. The van der Waals surface area contributed by atoms with Gasteiger partial charge in [0, 0.05) is 44.5 Å². The summed E-state index contributed by atoms with van der Waals surface area (Å²) < 4.78 is 4.88. The second-order valence-electron chi connectivity index (χ2n) is 7.34. The number of rotatable bonds is 5. The monoisotopic (exact) mass is 426 g/mol. The minimum absolute atomic E-state index is 0.0669. The van der Waals surface area contributed by atoms with E-state index >= 15 is 0 Å². The van der Waals surface area contributed by atoms with Crippen LogP contribution in [-0.2, 0) is 6.54 Å². The Kier molecular flexibility index (Phi) is 5.98. The molecule has 0 saturated carbocycles. The van der Waals surface area contributed by atoms with Crippen LogP contribution in [0.1, 0.15) is 16.2 Å². The summed E-state index contributed by atoms with van der Waals surface area (Å²) in [6.45, 7) is 5.11. The third-order valence-corrected chi connectivity index (χ3v) is 5.44. The fourth-order valence-corrected chi connectivity index (χ4v) is 3.47. The molecule has 1 aliphatic heterocycles. The van der Waals surface area contributed by atoms with Crippen LogP contribution in [0.3, 0.4) is 0 Å². The Morgan fingerprint density at radius 3 is 2.63 bits per heavy atom. The normalized spacial score (nSPS) is 15.3. The molecule has 156 valence electrons. The molecule has 4 rings (SSSR count). The molecule has 1 aliphatic rings. The number of amides is 1. The van der Waals surface area contributed by atoms with Crippen molar-refractivity contribution in [2.24, 2.45) is 0 Å². The molecule has 1 aromatic carbocycles. The minimum atomic E-state index is -0.449. The summed E-state index contributed by atoms with van der Waals surface area (Å²) in [5.41, 5.74) is 8.86. The Balaban J connectivity index is 1.46. The molecule has 30 heavy (non-hydrogen) atoms. The van der Waals surface area contributed by atoms with Gasteiger partial charge in [0.1, 0.15) is 6.26 Å². The van der Waals surface area contributed by atoms with Gasteiger partial charge in [-0.05, 0) is 30.8 Å². The van der Waals surface area contributed by atoms with Crippen molar-refractivity contribution in [1.29, 1.82) is 0 Å². The van der Waals surface area contributed by atoms with Crippen molar-refractivity contribution in [3.05, 3.63) is 59.2 Å². The van der Waals surface area contributed by atoms with Crippen LogP contribution in [0.15, 0.2) is 47.2 Å². The van der Waals surface area contributed by atoms with Crippen LogP contribution in [0.4, 0.5) is 11.7 Å². The summed E-state index contributed by atoms with van der Waals surface area (Å²) in [6.07, 6.45) is 3.05. The summed E-state index contributed by atoms with van der Waals surface area (Å²) >= 11 is 6.26. The summed E-state index contributed by atoms with van der Waals surface area (Å²) in [6, 6.07) is 9.44. The average molecular weight is 427 g/mol. The zero-order valence-corrected chi connectivity index (χ0v) is 17.4. The van der Waals surface area contributed by atoms with Gasteiger partial charge in [-0.25, -0.2) is 0 Å². The van der Waals surface area contributed by atoms with Gasteiger partial charge in [-0.1, -0.05) is 23.7 Å². The number of halogens is 1. The molecular formula is C21H23ClN6O2. The van der Waals surface area contributed by atoms with Crippen molar-refractivity contribution in [2.45, 2.75) is 6.54 Å². The molecule has 0 spiro atoms. The van der Waals surface area contributed by atoms with E-state index in [1.807, 2.05) is 24.4 Å². The molecule has 8 nitrogen and oxygen atoms in total. The number of hydrogen-bond donors (Lipinski definition) is 2. The van der Waals surface area contributed by atoms with Gasteiger partial charge in [-0.3, -0.25) is 14.7 Å². The molecule has 0 atom stereocenters. The molecule has 1 fully saturated rings. The number of carbonyl (C=O) groups is 1. The molecular weight excluding hydrogens is 404 g/mol. The molecule has 0 unspecified atom stereocenters. The van der Waals surface area contributed by atoms with Crippen LogP contribution >= 0.6 is 11.6 Å². The third kappa shape index (κ3) is 4.79. The van der Waals surface area contributed by atoms with E-state index in [-0.39, 0.29) is 11.7 Å². The fourth-order valence-electron chi connectivity index (χ4n) is 3.30. The first-order chi connectivity index (χ1) is 14.5. The molecule has 3 N–H and O–H groups in total. The first kappa shape index (κ1) is 20.3. The van der Waals surface area contributed by atoms with Gasteiger partial charge in [0.2, 0.25) is 0 Å². The van der Waals surface area contributed by atoms with Gasteiger partial charge in [0.05, 0.1) is 16.4 Å². The molecule has 0 bridgehead atoms. The van der Waals surface area contributed by atoms with E-state index in [4.69, 9.17) is 21.8 Å². The summed E-state index contributed by atoms with van der Waals surface area (Å²) in [4.78, 5) is 25.5. The number of nitrogens with two attached hydrogens (primary N) is 1. The smallest absolute Gasteiger partial charge is 0.292 e. The first-order valence-corrected chi connectivity index (χ1v) is 10.0. The quantitative estimate of drug-likeness (QED) is 0.646. The molecule has 0 radical (unpaired) electrons. The highest BCUT2D eigenvalue weighted by molar-refractivity contribution is 6.34. The number of anilines is 2. The van der Waals surface area contributed by atoms with Crippen molar-refractivity contribution < 1.29 is 9.21 Å². The Hall–Kier alpha value is -2.94. The highest BCUT2D eigenvalue weighted by Gasteiger charge is 2.15. The maximum atomic E-state index is 12.3. The molecule has 3 heterocycles. The molecule has 9 heteroatoms. The lowest BCUT2D eigenvalue weighted by molar-refractivity contribution is 0.102. The zero-order chi connectivity index (χ0) is 21.1. The highest BCUT2D eigenvalue weighted by Crippen LogP contribution is 2.29. The van der Waals surface area contributed by atoms with Gasteiger partial charge < -0.3 is 20.4 Å². The van der Waals surface area contributed by atoms with E-state index in [9.17, 15) is 4.79 Å². The van der Waals surface area contributed by atoms with E-state index < -0.39 is 5.91 Å². The number of piperazine rings is 1. The molecule has 0 aliphatic carbocycles. The number of nitrogens with zero attached hydrogens (tertiary/aromatic N) is 4. The van der Waals surface area contributed by atoms with Crippen LogP contribution in [0.2, 0.25) is 5.02 Å². The Morgan fingerprint density at radius 1 is 1.20 bits per heavy atom. The van der Waals surface area contributed by atoms with Crippen molar-refractivity contribution in [3.63, 3.8) is 0 Å². The van der Waals surface area contributed by atoms with Gasteiger partial charge in [-0.15, -0.1) is 0 Å². The number of nitrogen functional groups attached to an aromatic ring is 1. The average Bonchev–Trinajstić information content (AvgIpc) is 3.18. The van der Waals surface area contributed by atoms with Crippen LogP contribution in [0.25, 0.3) is 11.1 Å². The number of carbonyl (C=O) groups excluding carboxylic acids is 1. The number of hydrogen-bond acceptors (Lipinski definition) is 7. The molecule has 1 amide bonds. The first-order valence-electron chi connectivity index (χ1n) is 9.66.